The number of benzene rings is 1. The Hall–Kier alpha value is -0.900. The maximum Gasteiger partial charge on any atom is 0.0916 e. The number of ether oxygens (including phenoxy) is 1. The van der Waals surface area contributed by atoms with Gasteiger partial charge in [-0.1, -0.05) is 37.3 Å². The van der Waals surface area contributed by atoms with Gasteiger partial charge in [-0.3, -0.25) is 4.90 Å². The van der Waals surface area contributed by atoms with Crippen LogP contribution < -0.4 is 0 Å². The maximum absolute atomic E-state index is 10.2. The molecular formula is C15H23NO2. The van der Waals surface area contributed by atoms with Crippen LogP contribution in [0, 0.1) is 5.92 Å². The topological polar surface area (TPSA) is 32.7 Å². The number of hydrogen-bond acceptors (Lipinski definition) is 3. The summed E-state index contributed by atoms with van der Waals surface area (Å²) in [6.45, 7) is 4.89. The third-order valence-corrected chi connectivity index (χ3v) is 3.89. The van der Waals surface area contributed by atoms with Crippen LogP contribution in [0.15, 0.2) is 30.3 Å². The van der Waals surface area contributed by atoms with Crippen LogP contribution in [0.1, 0.15) is 25.0 Å². The molecule has 1 heterocycles. The lowest BCUT2D eigenvalue weighted by Crippen LogP contribution is -2.45. The van der Waals surface area contributed by atoms with Crippen molar-refractivity contribution in [3.05, 3.63) is 35.9 Å². The molecular weight excluding hydrogens is 226 g/mol. The molecule has 0 radical (unpaired) electrons. The minimum Gasteiger partial charge on any atom is -0.387 e. The monoisotopic (exact) mass is 249 g/mol. The Balaban J connectivity index is 1.90. The zero-order valence-corrected chi connectivity index (χ0v) is 11.2. The van der Waals surface area contributed by atoms with Gasteiger partial charge < -0.3 is 9.84 Å². The molecule has 2 rings (SSSR count). The van der Waals surface area contributed by atoms with E-state index in [1.807, 2.05) is 30.3 Å². The number of piperidine rings is 1. The molecule has 100 valence electrons. The lowest BCUT2D eigenvalue weighted by Gasteiger charge is -2.37. The van der Waals surface area contributed by atoms with E-state index in [0.29, 0.717) is 18.6 Å². The Morgan fingerprint density at radius 1 is 1.39 bits per heavy atom. The summed E-state index contributed by atoms with van der Waals surface area (Å²) in [5, 5.41) is 10.2. The van der Waals surface area contributed by atoms with Gasteiger partial charge in [-0.25, -0.2) is 0 Å². The lowest BCUT2D eigenvalue weighted by molar-refractivity contribution is -0.0180. The van der Waals surface area contributed by atoms with E-state index in [-0.39, 0.29) is 0 Å². The number of likely N-dealkylation sites (tertiary alicyclic amines) is 1. The molecule has 1 fully saturated rings. The molecule has 0 saturated carbocycles. The van der Waals surface area contributed by atoms with Crippen LogP contribution in [-0.2, 0) is 4.74 Å². The van der Waals surface area contributed by atoms with Crippen molar-refractivity contribution in [2.75, 3.05) is 26.7 Å². The molecule has 0 spiro atoms. The van der Waals surface area contributed by atoms with Gasteiger partial charge >= 0.3 is 0 Å². The summed E-state index contributed by atoms with van der Waals surface area (Å²) in [6.07, 6.45) is 1.03. The molecule has 3 unspecified atom stereocenters. The molecule has 1 aliphatic heterocycles. The summed E-state index contributed by atoms with van der Waals surface area (Å²) in [6, 6.07) is 9.86. The van der Waals surface area contributed by atoms with E-state index in [9.17, 15) is 5.11 Å². The molecule has 1 aromatic carbocycles. The number of hydrogen-bond donors (Lipinski definition) is 1. The van der Waals surface area contributed by atoms with E-state index < -0.39 is 6.10 Å². The number of methoxy groups -OCH3 is 1. The Morgan fingerprint density at radius 2 is 2.11 bits per heavy atom. The summed E-state index contributed by atoms with van der Waals surface area (Å²) in [7, 11) is 1.78. The Bertz CT molecular complexity index is 355. The van der Waals surface area contributed by atoms with Gasteiger partial charge in [0.2, 0.25) is 0 Å². The second-order valence-electron chi connectivity index (χ2n) is 5.23. The summed E-state index contributed by atoms with van der Waals surface area (Å²) >= 11 is 0. The predicted molar refractivity (Wildman–Crippen MR) is 72.4 cm³/mol. The Morgan fingerprint density at radius 3 is 2.78 bits per heavy atom. The summed E-state index contributed by atoms with van der Waals surface area (Å²) in [4.78, 5) is 2.30. The fourth-order valence-electron chi connectivity index (χ4n) is 2.60. The van der Waals surface area contributed by atoms with Crippen molar-refractivity contribution >= 4 is 0 Å². The standard InChI is InChI=1S/C15H23NO2/c1-12-8-9-16(11-15(12)18-2)10-14(17)13-6-4-3-5-7-13/h3-7,12,14-15,17H,8-11H2,1-2H3. The summed E-state index contributed by atoms with van der Waals surface area (Å²) in [5.41, 5.74) is 0.991. The van der Waals surface area contributed by atoms with E-state index in [2.05, 4.69) is 11.8 Å². The van der Waals surface area contributed by atoms with Crippen LogP contribution in [0.4, 0.5) is 0 Å². The second kappa shape index (κ2) is 6.32. The smallest absolute Gasteiger partial charge is 0.0916 e. The van der Waals surface area contributed by atoms with Crippen molar-refractivity contribution < 1.29 is 9.84 Å². The summed E-state index contributed by atoms with van der Waals surface area (Å²) < 4.78 is 5.50. The van der Waals surface area contributed by atoms with Crippen LogP contribution in [-0.4, -0.2) is 42.9 Å². The Kier molecular flexibility index (Phi) is 4.75. The molecule has 0 bridgehead atoms. The SMILES string of the molecule is COC1CN(CC(O)c2ccccc2)CCC1C. The number of β-amino-alcohol motifs (C(OH)–C–C–N with tert-alkyl or cyclic N) is 1. The van der Waals surface area contributed by atoms with Gasteiger partial charge in [0, 0.05) is 20.2 Å². The first-order valence-electron chi connectivity index (χ1n) is 6.69. The number of aliphatic hydroxyl groups is 1. The van der Waals surface area contributed by atoms with Crippen LogP contribution in [0.5, 0.6) is 0 Å². The van der Waals surface area contributed by atoms with Gasteiger partial charge in [0.15, 0.2) is 0 Å². The molecule has 0 amide bonds. The average Bonchev–Trinajstić information content (AvgIpc) is 2.42. The third kappa shape index (κ3) is 3.31. The molecule has 1 aliphatic rings. The first kappa shape index (κ1) is 13.5. The van der Waals surface area contributed by atoms with Crippen LogP contribution in [0.25, 0.3) is 0 Å². The zero-order valence-electron chi connectivity index (χ0n) is 11.2. The molecule has 3 atom stereocenters. The van der Waals surface area contributed by atoms with Crippen molar-refractivity contribution in [3.8, 4) is 0 Å². The van der Waals surface area contributed by atoms with Crippen LogP contribution in [0.3, 0.4) is 0 Å². The highest BCUT2D eigenvalue weighted by Crippen LogP contribution is 2.22. The van der Waals surface area contributed by atoms with Gasteiger partial charge in [0.05, 0.1) is 12.2 Å². The molecule has 1 saturated heterocycles. The van der Waals surface area contributed by atoms with Crippen molar-refractivity contribution in [1.82, 2.24) is 4.90 Å². The molecule has 1 aromatic rings. The van der Waals surface area contributed by atoms with Gasteiger partial charge in [0.1, 0.15) is 0 Å². The van der Waals surface area contributed by atoms with E-state index in [4.69, 9.17) is 4.74 Å². The number of rotatable bonds is 4. The minimum atomic E-state index is -0.405. The minimum absolute atomic E-state index is 0.293. The molecule has 18 heavy (non-hydrogen) atoms. The fraction of sp³-hybridized carbons (Fsp3) is 0.600. The van der Waals surface area contributed by atoms with Crippen molar-refractivity contribution in [3.63, 3.8) is 0 Å². The first-order chi connectivity index (χ1) is 8.70. The molecule has 1 N–H and O–H groups in total. The number of aliphatic hydroxyl groups excluding tert-OH is 1. The van der Waals surface area contributed by atoms with E-state index >= 15 is 0 Å². The molecule has 0 aromatic heterocycles. The zero-order chi connectivity index (χ0) is 13.0. The number of nitrogens with zero attached hydrogens (tertiary/aromatic N) is 1. The van der Waals surface area contributed by atoms with Crippen molar-refractivity contribution in [1.29, 1.82) is 0 Å². The first-order valence-corrected chi connectivity index (χ1v) is 6.69. The maximum atomic E-state index is 10.2. The van der Waals surface area contributed by atoms with Crippen molar-refractivity contribution in [2.45, 2.75) is 25.6 Å². The summed E-state index contributed by atoms with van der Waals surface area (Å²) in [5.74, 6) is 0.611. The van der Waals surface area contributed by atoms with E-state index in [1.165, 1.54) is 0 Å². The third-order valence-electron chi connectivity index (χ3n) is 3.89. The highest BCUT2D eigenvalue weighted by atomic mass is 16.5. The Labute approximate surface area is 109 Å². The second-order valence-corrected chi connectivity index (χ2v) is 5.23. The molecule has 3 nitrogen and oxygen atoms in total. The van der Waals surface area contributed by atoms with E-state index in [1.54, 1.807) is 7.11 Å². The average molecular weight is 249 g/mol. The van der Waals surface area contributed by atoms with Gasteiger partial charge in [-0.15, -0.1) is 0 Å². The normalized spacial score (nSPS) is 27.1. The molecule has 3 heteroatoms. The highest BCUT2D eigenvalue weighted by molar-refractivity contribution is 5.17. The fourth-order valence-corrected chi connectivity index (χ4v) is 2.60. The van der Waals surface area contributed by atoms with Crippen LogP contribution >= 0.6 is 0 Å². The van der Waals surface area contributed by atoms with E-state index in [0.717, 1.165) is 25.1 Å². The van der Waals surface area contributed by atoms with Gasteiger partial charge in [0.25, 0.3) is 0 Å². The predicted octanol–water partition coefficient (Wildman–Crippen LogP) is 2.08. The van der Waals surface area contributed by atoms with Crippen molar-refractivity contribution in [2.24, 2.45) is 5.92 Å². The lowest BCUT2D eigenvalue weighted by atomic mass is 9.95. The van der Waals surface area contributed by atoms with Crippen LogP contribution in [0.2, 0.25) is 0 Å². The quantitative estimate of drug-likeness (QED) is 0.886. The molecule has 0 aliphatic carbocycles. The largest absolute Gasteiger partial charge is 0.387 e. The van der Waals surface area contributed by atoms with Gasteiger partial charge in [-0.2, -0.15) is 0 Å². The highest BCUT2D eigenvalue weighted by Gasteiger charge is 2.27. The van der Waals surface area contributed by atoms with Gasteiger partial charge in [-0.05, 0) is 24.4 Å².